The normalized spacial score (nSPS) is 22.5. The van der Waals surface area contributed by atoms with Crippen LogP contribution in [0.1, 0.15) is 161 Å². The average Bonchev–Trinajstić information content (AvgIpc) is 3.21. The molecule has 3 rings (SSSR count). The van der Waals surface area contributed by atoms with Crippen molar-refractivity contribution < 1.29 is 42.7 Å². The third-order valence-corrected chi connectivity index (χ3v) is 10.9. The van der Waals surface area contributed by atoms with Crippen molar-refractivity contribution in [3.63, 3.8) is 0 Å². The maximum atomic E-state index is 14.0. The van der Waals surface area contributed by atoms with Crippen LogP contribution in [-0.2, 0) is 38.0 Å². The van der Waals surface area contributed by atoms with Crippen molar-refractivity contribution in [3.05, 3.63) is 48.6 Å². The second-order valence-electron chi connectivity index (χ2n) is 15.7. The number of hydrogen-bond donors (Lipinski definition) is 1. The standard InChI is InChI=1S/C45H72Cl3NO9/c1-4-7-9-11-13-15-17-19-21-26-31-52-36(29-25-20-18-16-14-12-10-8-5-2)32-38(50)57-41-39(49-44(51)55-34-45(46,47)48)43(53-30-6-3)56-37-33-54-42(58-40(37)41)35-27-23-22-24-28-35/h6,22-24,27-28,36-37,39-43H,3-5,7-21,25-26,29-34H2,1-2H3,(H,49,51)/t36-,37-,39-,40-,41-,42?,43+/m1/s1. The number of carbonyl (C=O) groups excluding carboxylic acids is 2. The first-order valence-electron chi connectivity index (χ1n) is 22.2. The molecule has 58 heavy (non-hydrogen) atoms. The molecule has 2 saturated heterocycles. The van der Waals surface area contributed by atoms with Gasteiger partial charge < -0.3 is 38.5 Å². The Balaban J connectivity index is 1.70. The molecule has 332 valence electrons. The van der Waals surface area contributed by atoms with Gasteiger partial charge in [-0.1, -0.05) is 201 Å². The molecule has 1 aromatic rings. The highest BCUT2D eigenvalue weighted by Gasteiger charge is 2.53. The van der Waals surface area contributed by atoms with Gasteiger partial charge in [0.15, 0.2) is 18.7 Å². The van der Waals surface area contributed by atoms with Gasteiger partial charge in [0.1, 0.15) is 24.9 Å². The summed E-state index contributed by atoms with van der Waals surface area (Å²) in [6, 6.07) is 8.38. The van der Waals surface area contributed by atoms with Crippen molar-refractivity contribution >= 4 is 46.9 Å². The topological polar surface area (TPSA) is 111 Å². The molecule has 0 spiro atoms. The van der Waals surface area contributed by atoms with Crippen molar-refractivity contribution in [2.24, 2.45) is 0 Å². The molecular weight excluding hydrogens is 805 g/mol. The number of ether oxygens (including phenoxy) is 7. The molecule has 0 bridgehead atoms. The number of hydrogen-bond acceptors (Lipinski definition) is 9. The highest BCUT2D eigenvalue weighted by atomic mass is 35.6. The van der Waals surface area contributed by atoms with Crippen molar-refractivity contribution in [1.29, 1.82) is 0 Å². The van der Waals surface area contributed by atoms with Crippen LogP contribution in [0.2, 0.25) is 0 Å². The minimum Gasteiger partial charge on any atom is -0.457 e. The van der Waals surface area contributed by atoms with E-state index in [1.165, 1.54) is 96.3 Å². The highest BCUT2D eigenvalue weighted by molar-refractivity contribution is 6.67. The molecule has 2 aliphatic heterocycles. The fourth-order valence-electron chi connectivity index (χ4n) is 7.43. The molecule has 10 nitrogen and oxygen atoms in total. The molecule has 0 aliphatic carbocycles. The zero-order valence-electron chi connectivity index (χ0n) is 35.2. The number of nitrogens with one attached hydrogen (secondary N) is 1. The lowest BCUT2D eigenvalue weighted by Crippen LogP contribution is -2.68. The molecule has 7 atom stereocenters. The Bertz CT molecular complexity index is 1240. The van der Waals surface area contributed by atoms with Gasteiger partial charge in [-0.05, 0) is 12.8 Å². The maximum Gasteiger partial charge on any atom is 0.407 e. The van der Waals surface area contributed by atoms with Crippen LogP contribution >= 0.6 is 34.8 Å². The van der Waals surface area contributed by atoms with E-state index in [2.05, 4.69) is 25.7 Å². The highest BCUT2D eigenvalue weighted by Crippen LogP contribution is 2.36. The summed E-state index contributed by atoms with van der Waals surface area (Å²) in [5, 5.41) is 2.74. The van der Waals surface area contributed by atoms with Crippen LogP contribution in [0.25, 0.3) is 0 Å². The quantitative estimate of drug-likeness (QED) is 0.0337. The first-order chi connectivity index (χ1) is 28.1. The fourth-order valence-corrected chi connectivity index (χ4v) is 7.59. The summed E-state index contributed by atoms with van der Waals surface area (Å²) in [7, 11) is 0. The lowest BCUT2D eigenvalue weighted by Gasteiger charge is -2.48. The van der Waals surface area contributed by atoms with E-state index in [-0.39, 0.29) is 25.7 Å². The molecule has 13 heteroatoms. The van der Waals surface area contributed by atoms with Crippen LogP contribution in [0.15, 0.2) is 43.0 Å². The first-order valence-corrected chi connectivity index (χ1v) is 23.3. The van der Waals surface area contributed by atoms with Gasteiger partial charge in [0.25, 0.3) is 0 Å². The first kappa shape index (κ1) is 50.7. The molecule has 0 radical (unpaired) electrons. The Labute approximate surface area is 364 Å². The van der Waals surface area contributed by atoms with E-state index < -0.39 is 59.4 Å². The van der Waals surface area contributed by atoms with E-state index in [1.54, 1.807) is 6.08 Å². The summed E-state index contributed by atoms with van der Waals surface area (Å²) in [6.45, 7) is 8.52. The Hall–Kier alpha value is -1.63. The number of carbonyl (C=O) groups is 2. The van der Waals surface area contributed by atoms with E-state index in [4.69, 9.17) is 68.0 Å². The van der Waals surface area contributed by atoms with Crippen LogP contribution in [0, 0.1) is 0 Å². The number of benzene rings is 1. The third kappa shape index (κ3) is 21.2. The predicted molar refractivity (Wildman–Crippen MR) is 231 cm³/mol. The van der Waals surface area contributed by atoms with Gasteiger partial charge in [-0.2, -0.15) is 0 Å². The fraction of sp³-hybridized carbons (Fsp3) is 0.778. The van der Waals surface area contributed by atoms with Crippen molar-refractivity contribution in [2.45, 2.75) is 196 Å². The van der Waals surface area contributed by atoms with Gasteiger partial charge in [0.05, 0.1) is 25.7 Å². The molecular formula is C45H72Cl3NO9. The molecule has 1 amide bonds. The second kappa shape index (κ2) is 30.4. The Morgan fingerprint density at radius 1 is 0.845 bits per heavy atom. The van der Waals surface area contributed by atoms with Gasteiger partial charge in [0.2, 0.25) is 3.79 Å². The lowest BCUT2D eigenvalue weighted by molar-refractivity contribution is -0.343. The monoisotopic (exact) mass is 875 g/mol. The number of esters is 1. The minimum absolute atomic E-state index is 0.0464. The van der Waals surface area contributed by atoms with Crippen LogP contribution in [0.4, 0.5) is 4.79 Å². The van der Waals surface area contributed by atoms with E-state index >= 15 is 0 Å². The van der Waals surface area contributed by atoms with Crippen molar-refractivity contribution in [2.75, 3.05) is 26.4 Å². The molecule has 2 fully saturated rings. The molecule has 0 saturated carbocycles. The Morgan fingerprint density at radius 3 is 2.02 bits per heavy atom. The number of alkyl halides is 3. The number of alkyl carbamates (subject to hydrolysis) is 1. The van der Waals surface area contributed by atoms with Crippen molar-refractivity contribution in [3.8, 4) is 0 Å². The summed E-state index contributed by atoms with van der Waals surface area (Å²) >= 11 is 17.6. The largest absolute Gasteiger partial charge is 0.457 e. The molecule has 1 aromatic carbocycles. The number of halogens is 3. The van der Waals surface area contributed by atoms with Crippen molar-refractivity contribution in [1.82, 2.24) is 5.32 Å². The van der Waals surface area contributed by atoms with Crippen LogP contribution in [-0.4, -0.2) is 79.0 Å². The number of amides is 1. The minimum atomic E-state index is -1.83. The average molecular weight is 877 g/mol. The SMILES string of the molecule is C=CCO[C@H]1O[C@@H]2COC(c3ccccc3)O[C@H]2[C@H](OC(=O)C[C@@H](CCCCCCCCCCC)OCCCCCCCCCCCC)[C@H]1NC(=O)OCC(Cl)(Cl)Cl. The number of rotatable bonds is 31. The van der Waals surface area contributed by atoms with Gasteiger partial charge in [0, 0.05) is 12.2 Å². The van der Waals surface area contributed by atoms with E-state index in [0.717, 1.165) is 37.7 Å². The molecule has 0 aromatic heterocycles. The Morgan fingerprint density at radius 2 is 1.43 bits per heavy atom. The summed E-state index contributed by atoms with van der Waals surface area (Å²) in [4.78, 5) is 27.1. The van der Waals surface area contributed by atoms with Crippen LogP contribution in [0.3, 0.4) is 0 Å². The maximum absolute atomic E-state index is 14.0. The summed E-state index contributed by atoms with van der Waals surface area (Å²) in [6.07, 6.45) is 19.9. The zero-order chi connectivity index (χ0) is 41.9. The van der Waals surface area contributed by atoms with E-state index in [1.807, 2.05) is 30.3 Å². The zero-order valence-corrected chi connectivity index (χ0v) is 37.5. The molecule has 2 heterocycles. The molecule has 1 unspecified atom stereocenters. The predicted octanol–water partition coefficient (Wildman–Crippen LogP) is 12.0. The van der Waals surface area contributed by atoms with Gasteiger partial charge in [-0.25, -0.2) is 4.79 Å². The second-order valence-corrected chi connectivity index (χ2v) is 18.2. The summed E-state index contributed by atoms with van der Waals surface area (Å²) < 4.78 is 40.9. The van der Waals surface area contributed by atoms with Crippen LogP contribution in [0.5, 0.6) is 0 Å². The smallest absolute Gasteiger partial charge is 0.407 e. The molecule has 2 aliphatic rings. The number of unbranched alkanes of at least 4 members (excludes halogenated alkanes) is 17. The number of fused-ring (bicyclic) bond motifs is 1. The van der Waals surface area contributed by atoms with Gasteiger partial charge in [-0.15, -0.1) is 6.58 Å². The van der Waals surface area contributed by atoms with Gasteiger partial charge in [-0.3, -0.25) is 4.79 Å². The summed E-state index contributed by atoms with van der Waals surface area (Å²) in [5.41, 5.74) is 0.782. The van der Waals surface area contributed by atoms with Gasteiger partial charge >= 0.3 is 12.1 Å². The third-order valence-electron chi connectivity index (χ3n) is 10.6. The summed E-state index contributed by atoms with van der Waals surface area (Å²) in [5.74, 6) is -0.482. The Kier molecular flexibility index (Phi) is 26.6. The molecule has 1 N–H and O–H groups in total. The van der Waals surface area contributed by atoms with E-state index in [9.17, 15) is 9.59 Å². The van der Waals surface area contributed by atoms with Crippen LogP contribution < -0.4 is 5.32 Å². The van der Waals surface area contributed by atoms with E-state index in [0.29, 0.717) is 6.61 Å². The lowest BCUT2D eigenvalue weighted by atomic mass is 9.95.